The van der Waals surface area contributed by atoms with Gasteiger partial charge in [0.25, 0.3) is 0 Å². The van der Waals surface area contributed by atoms with Crippen molar-refractivity contribution in [1.82, 2.24) is 5.32 Å². The van der Waals surface area contributed by atoms with Crippen LogP contribution >= 0.6 is 0 Å². The number of likely N-dealkylation sites (N-methyl/N-ethyl adjacent to an activating group) is 1. The maximum atomic E-state index is 5.09. The summed E-state index contributed by atoms with van der Waals surface area (Å²) in [7, 11) is 3.62. The van der Waals surface area contributed by atoms with Gasteiger partial charge in [-0.25, -0.2) is 0 Å². The smallest absolute Gasteiger partial charge is 0.118 e. The Labute approximate surface area is 85.6 Å². The molecule has 0 fully saturated rings. The molecule has 0 aliphatic heterocycles. The van der Waals surface area contributed by atoms with Crippen molar-refractivity contribution in [3.63, 3.8) is 0 Å². The van der Waals surface area contributed by atoms with E-state index in [1.165, 1.54) is 5.56 Å². The lowest BCUT2D eigenvalue weighted by atomic mass is 10.1. The largest absolute Gasteiger partial charge is 0.497 e. The highest BCUT2D eigenvalue weighted by molar-refractivity contribution is 5.28. The van der Waals surface area contributed by atoms with Crippen LogP contribution in [-0.2, 0) is 6.42 Å². The molecular weight excluding hydrogens is 174 g/mol. The van der Waals surface area contributed by atoms with Crippen molar-refractivity contribution in [3.8, 4) is 5.75 Å². The highest BCUT2D eigenvalue weighted by atomic mass is 16.5. The predicted octanol–water partition coefficient (Wildman–Crippen LogP) is 2.01. The minimum absolute atomic E-state index is 0.336. The summed E-state index contributed by atoms with van der Waals surface area (Å²) < 4.78 is 5.09. The van der Waals surface area contributed by atoms with Crippen molar-refractivity contribution in [2.24, 2.45) is 0 Å². The van der Waals surface area contributed by atoms with Gasteiger partial charge in [0.1, 0.15) is 5.75 Å². The number of ether oxygens (including phenoxy) is 1. The highest BCUT2D eigenvalue weighted by Gasteiger charge is 2.01. The van der Waals surface area contributed by atoms with Crippen molar-refractivity contribution in [2.75, 3.05) is 14.2 Å². The second kappa shape index (κ2) is 5.45. The molecule has 1 unspecified atom stereocenters. The van der Waals surface area contributed by atoms with Crippen molar-refractivity contribution in [2.45, 2.75) is 12.5 Å². The minimum atomic E-state index is 0.336. The molecule has 1 N–H and O–H groups in total. The van der Waals surface area contributed by atoms with Crippen LogP contribution in [0.1, 0.15) is 5.56 Å². The first-order valence-electron chi connectivity index (χ1n) is 4.73. The van der Waals surface area contributed by atoms with E-state index in [2.05, 4.69) is 24.0 Å². The van der Waals surface area contributed by atoms with Gasteiger partial charge in [-0.1, -0.05) is 18.2 Å². The topological polar surface area (TPSA) is 21.3 Å². The summed E-state index contributed by atoms with van der Waals surface area (Å²) >= 11 is 0. The van der Waals surface area contributed by atoms with E-state index in [1.807, 2.05) is 25.3 Å². The zero-order valence-electron chi connectivity index (χ0n) is 8.79. The van der Waals surface area contributed by atoms with E-state index >= 15 is 0 Å². The monoisotopic (exact) mass is 191 g/mol. The van der Waals surface area contributed by atoms with E-state index in [9.17, 15) is 0 Å². The molecule has 0 aromatic heterocycles. The lowest BCUT2D eigenvalue weighted by molar-refractivity contribution is 0.414. The van der Waals surface area contributed by atoms with E-state index < -0.39 is 0 Å². The molecular formula is C12H17NO. The van der Waals surface area contributed by atoms with Crippen molar-refractivity contribution in [1.29, 1.82) is 0 Å². The molecule has 0 bridgehead atoms. The Morgan fingerprint density at radius 3 is 2.50 bits per heavy atom. The molecule has 0 spiro atoms. The molecule has 0 heterocycles. The zero-order valence-corrected chi connectivity index (χ0v) is 8.79. The van der Waals surface area contributed by atoms with Crippen LogP contribution in [0.5, 0.6) is 5.75 Å². The third kappa shape index (κ3) is 2.89. The number of hydrogen-bond acceptors (Lipinski definition) is 2. The first-order chi connectivity index (χ1) is 6.80. The maximum absolute atomic E-state index is 5.09. The SMILES string of the molecule is C=CC(Cc1ccc(OC)cc1)NC. The Kier molecular flexibility index (Phi) is 4.20. The summed E-state index contributed by atoms with van der Waals surface area (Å²) in [5.41, 5.74) is 1.28. The number of benzene rings is 1. The predicted molar refractivity (Wildman–Crippen MR) is 59.7 cm³/mol. The van der Waals surface area contributed by atoms with Gasteiger partial charge in [-0.15, -0.1) is 6.58 Å². The third-order valence-corrected chi connectivity index (χ3v) is 2.27. The number of rotatable bonds is 5. The molecule has 2 nitrogen and oxygen atoms in total. The van der Waals surface area contributed by atoms with Gasteiger partial charge in [-0.05, 0) is 31.2 Å². The lowest BCUT2D eigenvalue weighted by Crippen LogP contribution is -2.24. The van der Waals surface area contributed by atoms with Crippen LogP contribution in [0.15, 0.2) is 36.9 Å². The fraction of sp³-hybridized carbons (Fsp3) is 0.333. The lowest BCUT2D eigenvalue weighted by Gasteiger charge is -2.11. The van der Waals surface area contributed by atoms with E-state index in [0.717, 1.165) is 12.2 Å². The molecule has 76 valence electrons. The summed E-state index contributed by atoms with van der Waals surface area (Å²) in [6.07, 6.45) is 2.88. The summed E-state index contributed by atoms with van der Waals surface area (Å²) in [5, 5.41) is 3.18. The van der Waals surface area contributed by atoms with Crippen LogP contribution in [-0.4, -0.2) is 20.2 Å². The van der Waals surface area contributed by atoms with Crippen LogP contribution < -0.4 is 10.1 Å². The molecule has 0 aliphatic rings. The van der Waals surface area contributed by atoms with Gasteiger partial charge in [0, 0.05) is 6.04 Å². The fourth-order valence-corrected chi connectivity index (χ4v) is 1.32. The van der Waals surface area contributed by atoms with Gasteiger partial charge in [0.05, 0.1) is 7.11 Å². The Bertz CT molecular complexity index is 279. The fourth-order valence-electron chi connectivity index (χ4n) is 1.32. The summed E-state index contributed by atoms with van der Waals surface area (Å²) in [4.78, 5) is 0. The van der Waals surface area contributed by atoms with Gasteiger partial charge < -0.3 is 10.1 Å². The van der Waals surface area contributed by atoms with Crippen LogP contribution in [0.3, 0.4) is 0 Å². The second-order valence-electron chi connectivity index (χ2n) is 3.18. The molecule has 1 aromatic carbocycles. The van der Waals surface area contributed by atoms with Gasteiger partial charge >= 0.3 is 0 Å². The molecule has 1 atom stereocenters. The molecule has 0 saturated heterocycles. The second-order valence-corrected chi connectivity index (χ2v) is 3.18. The first kappa shape index (κ1) is 10.8. The molecule has 0 aliphatic carbocycles. The summed E-state index contributed by atoms with van der Waals surface area (Å²) in [6, 6.07) is 8.44. The van der Waals surface area contributed by atoms with Crippen LogP contribution in [0.25, 0.3) is 0 Å². The first-order valence-corrected chi connectivity index (χ1v) is 4.73. The van der Waals surface area contributed by atoms with E-state index in [0.29, 0.717) is 6.04 Å². The number of hydrogen-bond donors (Lipinski definition) is 1. The number of nitrogens with one attached hydrogen (secondary N) is 1. The Morgan fingerprint density at radius 2 is 2.07 bits per heavy atom. The molecule has 0 radical (unpaired) electrons. The Hall–Kier alpha value is -1.28. The molecule has 1 aromatic rings. The quantitative estimate of drug-likeness (QED) is 0.719. The maximum Gasteiger partial charge on any atom is 0.118 e. The average molecular weight is 191 g/mol. The normalized spacial score (nSPS) is 12.1. The molecule has 0 saturated carbocycles. The Balaban J connectivity index is 2.63. The highest BCUT2D eigenvalue weighted by Crippen LogP contribution is 2.12. The molecule has 1 rings (SSSR count). The van der Waals surface area contributed by atoms with Crippen LogP contribution in [0.4, 0.5) is 0 Å². The van der Waals surface area contributed by atoms with Gasteiger partial charge in [0.2, 0.25) is 0 Å². The third-order valence-electron chi connectivity index (χ3n) is 2.27. The van der Waals surface area contributed by atoms with E-state index in [1.54, 1.807) is 7.11 Å². The number of methoxy groups -OCH3 is 1. The van der Waals surface area contributed by atoms with Crippen molar-refractivity contribution >= 4 is 0 Å². The molecule has 14 heavy (non-hydrogen) atoms. The summed E-state index contributed by atoms with van der Waals surface area (Å²) in [6.45, 7) is 3.77. The van der Waals surface area contributed by atoms with Crippen LogP contribution in [0, 0.1) is 0 Å². The van der Waals surface area contributed by atoms with Gasteiger partial charge in [-0.2, -0.15) is 0 Å². The standard InChI is InChI=1S/C12H17NO/c1-4-11(13-2)9-10-5-7-12(14-3)8-6-10/h4-8,11,13H,1,9H2,2-3H3. The zero-order chi connectivity index (χ0) is 10.4. The van der Waals surface area contributed by atoms with Crippen molar-refractivity contribution in [3.05, 3.63) is 42.5 Å². The van der Waals surface area contributed by atoms with E-state index in [4.69, 9.17) is 4.74 Å². The minimum Gasteiger partial charge on any atom is -0.497 e. The Morgan fingerprint density at radius 1 is 1.43 bits per heavy atom. The van der Waals surface area contributed by atoms with Gasteiger partial charge in [-0.3, -0.25) is 0 Å². The van der Waals surface area contributed by atoms with Crippen LogP contribution in [0.2, 0.25) is 0 Å². The molecule has 2 heteroatoms. The summed E-state index contributed by atoms with van der Waals surface area (Å²) in [5.74, 6) is 0.897. The van der Waals surface area contributed by atoms with Crippen molar-refractivity contribution < 1.29 is 4.74 Å². The van der Waals surface area contributed by atoms with E-state index in [-0.39, 0.29) is 0 Å². The molecule has 0 amide bonds. The average Bonchev–Trinajstić information content (AvgIpc) is 2.26. The van der Waals surface area contributed by atoms with Gasteiger partial charge in [0.15, 0.2) is 0 Å².